The summed E-state index contributed by atoms with van der Waals surface area (Å²) in [6.07, 6.45) is 1.11. The third kappa shape index (κ3) is 6.68. The number of carbonyl (C=O) groups is 1. The molecule has 1 saturated heterocycles. The van der Waals surface area contributed by atoms with Crippen LogP contribution < -0.4 is 25.8 Å². The first-order chi connectivity index (χ1) is 18.4. The van der Waals surface area contributed by atoms with Gasteiger partial charge in [-0.05, 0) is 54.8 Å². The number of aryl methyl sites for hydroxylation is 1. The lowest BCUT2D eigenvalue weighted by atomic mass is 10.1. The molecule has 8 heteroatoms. The maximum absolute atomic E-state index is 13.6. The van der Waals surface area contributed by atoms with Crippen LogP contribution in [0.1, 0.15) is 30.0 Å². The fourth-order valence-corrected chi connectivity index (χ4v) is 5.08. The molecule has 0 bridgehead atoms. The molecule has 0 aliphatic carbocycles. The lowest BCUT2D eigenvalue weighted by molar-refractivity contribution is -0.145. The number of fused-ring (bicyclic) bond motifs is 1. The zero-order valence-corrected chi connectivity index (χ0v) is 23.2. The van der Waals surface area contributed by atoms with Gasteiger partial charge in [-0.25, -0.2) is 5.01 Å². The fourth-order valence-electron chi connectivity index (χ4n) is 5.08. The fraction of sp³-hybridized carbons (Fsp3) is 0.433. The van der Waals surface area contributed by atoms with Gasteiger partial charge in [-0.3, -0.25) is 9.80 Å². The van der Waals surface area contributed by atoms with Crippen molar-refractivity contribution in [3.05, 3.63) is 83.8 Å². The molecule has 8 nitrogen and oxygen atoms in total. The van der Waals surface area contributed by atoms with Gasteiger partial charge in [0.2, 0.25) is 0 Å². The van der Waals surface area contributed by atoms with Crippen molar-refractivity contribution >= 4 is 17.3 Å². The van der Waals surface area contributed by atoms with Gasteiger partial charge < -0.3 is 25.8 Å². The lowest BCUT2D eigenvalue weighted by Crippen LogP contribution is -2.46. The van der Waals surface area contributed by atoms with E-state index in [0.29, 0.717) is 6.54 Å². The minimum atomic E-state index is 0.0517. The van der Waals surface area contributed by atoms with E-state index in [0.717, 1.165) is 80.7 Å². The molecule has 204 valence electrons. The summed E-state index contributed by atoms with van der Waals surface area (Å²) in [6, 6.07) is 14.8. The van der Waals surface area contributed by atoms with E-state index >= 15 is 0 Å². The molecule has 2 aromatic carbocycles. The van der Waals surface area contributed by atoms with Crippen molar-refractivity contribution in [2.24, 2.45) is 0 Å². The van der Waals surface area contributed by atoms with E-state index in [1.54, 1.807) is 5.01 Å². The Morgan fingerprint density at radius 1 is 1.08 bits per heavy atom. The Kier molecular flexibility index (Phi) is 9.31. The van der Waals surface area contributed by atoms with Crippen LogP contribution in [0.2, 0.25) is 0 Å². The van der Waals surface area contributed by atoms with Gasteiger partial charge in [0.15, 0.2) is 0 Å². The van der Waals surface area contributed by atoms with Gasteiger partial charge in [-0.1, -0.05) is 44.3 Å². The lowest BCUT2D eigenvalue weighted by Gasteiger charge is -2.33. The Balaban J connectivity index is 1.46. The largest absolute Gasteiger partial charge is 0.386 e. The molecule has 0 atom stereocenters. The summed E-state index contributed by atoms with van der Waals surface area (Å²) in [6.45, 7) is 19.4. The minimum absolute atomic E-state index is 0.0517. The Hall–Kier alpha value is -3.49. The van der Waals surface area contributed by atoms with Crippen LogP contribution in [0.3, 0.4) is 0 Å². The third-order valence-corrected chi connectivity index (χ3v) is 7.24. The number of hydrogen-bond donors (Lipinski definition) is 3. The maximum Gasteiger partial charge on any atom is 0.256 e. The topological polar surface area (TPSA) is 66.1 Å². The van der Waals surface area contributed by atoms with Crippen molar-refractivity contribution in [1.29, 1.82) is 0 Å². The first-order valence-corrected chi connectivity index (χ1v) is 13.6. The van der Waals surface area contributed by atoms with Crippen molar-refractivity contribution in [2.75, 3.05) is 62.7 Å². The van der Waals surface area contributed by atoms with Crippen LogP contribution in [0, 0.1) is 6.92 Å². The van der Waals surface area contributed by atoms with Crippen molar-refractivity contribution < 1.29 is 4.79 Å². The number of anilines is 2. The zero-order valence-electron chi connectivity index (χ0n) is 23.2. The van der Waals surface area contributed by atoms with Crippen molar-refractivity contribution in [3.8, 4) is 0 Å². The van der Waals surface area contributed by atoms with Crippen LogP contribution >= 0.6 is 0 Å². The van der Waals surface area contributed by atoms with E-state index in [9.17, 15) is 4.79 Å². The summed E-state index contributed by atoms with van der Waals surface area (Å²) in [4.78, 5) is 17.9. The second-order valence-corrected chi connectivity index (χ2v) is 10.1. The molecular formula is C30H43N7O. The summed E-state index contributed by atoms with van der Waals surface area (Å²) in [7, 11) is 1.88. The molecule has 2 aliphatic rings. The van der Waals surface area contributed by atoms with Crippen LogP contribution in [0.5, 0.6) is 0 Å². The maximum atomic E-state index is 13.6. The Bertz CT molecular complexity index is 1120. The van der Waals surface area contributed by atoms with Crippen molar-refractivity contribution in [1.82, 2.24) is 26.0 Å². The van der Waals surface area contributed by atoms with Gasteiger partial charge in [0.05, 0.1) is 18.9 Å². The molecule has 2 aliphatic heterocycles. The highest BCUT2D eigenvalue weighted by atomic mass is 16.2. The SMILES string of the molecule is C=C(CN(CC(=O)N(C)N1Cc2ccccc2C1)c1ccc(N2CCNC2=C)cc1C)NCCNCCC. The number of amides is 1. The summed E-state index contributed by atoms with van der Waals surface area (Å²) in [5, 5.41) is 14.0. The minimum Gasteiger partial charge on any atom is -0.386 e. The molecule has 1 fully saturated rings. The molecule has 2 heterocycles. The molecule has 38 heavy (non-hydrogen) atoms. The molecule has 0 unspecified atom stereocenters. The molecule has 0 saturated carbocycles. The normalized spacial score (nSPS) is 14.8. The van der Waals surface area contributed by atoms with Crippen LogP contribution in [0.4, 0.5) is 11.4 Å². The summed E-state index contributed by atoms with van der Waals surface area (Å²) in [5.41, 5.74) is 6.71. The number of hydrogen-bond acceptors (Lipinski definition) is 7. The second-order valence-electron chi connectivity index (χ2n) is 10.1. The van der Waals surface area contributed by atoms with Crippen molar-refractivity contribution in [3.63, 3.8) is 0 Å². The summed E-state index contributed by atoms with van der Waals surface area (Å²) >= 11 is 0. The van der Waals surface area contributed by atoms with E-state index in [-0.39, 0.29) is 12.5 Å². The molecule has 4 rings (SSSR count). The Morgan fingerprint density at radius 3 is 2.45 bits per heavy atom. The highest BCUT2D eigenvalue weighted by Crippen LogP contribution is 2.29. The number of benzene rings is 2. The van der Waals surface area contributed by atoms with Crippen LogP contribution in [0.15, 0.2) is 67.1 Å². The molecule has 0 spiro atoms. The Labute approximate surface area is 227 Å². The quantitative estimate of drug-likeness (QED) is 0.353. The van der Waals surface area contributed by atoms with Crippen LogP contribution in [-0.2, 0) is 17.9 Å². The van der Waals surface area contributed by atoms with E-state index in [1.807, 2.05) is 7.05 Å². The van der Waals surface area contributed by atoms with Gasteiger partial charge in [0.25, 0.3) is 5.91 Å². The van der Waals surface area contributed by atoms with Gasteiger partial charge in [0, 0.05) is 63.4 Å². The summed E-state index contributed by atoms with van der Waals surface area (Å²) in [5.74, 6) is 0.975. The molecule has 2 aromatic rings. The molecule has 0 aromatic heterocycles. The first-order valence-electron chi connectivity index (χ1n) is 13.6. The predicted octanol–water partition coefficient (Wildman–Crippen LogP) is 3.17. The number of nitrogens with one attached hydrogen (secondary N) is 3. The molecule has 0 radical (unpaired) electrons. The van der Waals surface area contributed by atoms with Gasteiger partial charge in [-0.2, -0.15) is 0 Å². The van der Waals surface area contributed by atoms with E-state index in [2.05, 4.69) is 100 Å². The number of hydrazine groups is 1. The van der Waals surface area contributed by atoms with E-state index in [4.69, 9.17) is 0 Å². The average molecular weight is 518 g/mol. The van der Waals surface area contributed by atoms with Crippen LogP contribution in [0.25, 0.3) is 0 Å². The highest BCUT2D eigenvalue weighted by molar-refractivity contribution is 5.82. The number of likely N-dealkylation sites (N-methyl/N-ethyl adjacent to an activating group) is 1. The second kappa shape index (κ2) is 12.8. The number of carbonyl (C=O) groups excluding carboxylic acids is 1. The predicted molar refractivity (Wildman–Crippen MR) is 157 cm³/mol. The first kappa shape index (κ1) is 27.5. The smallest absolute Gasteiger partial charge is 0.256 e. The van der Waals surface area contributed by atoms with Crippen LogP contribution in [-0.4, -0.2) is 68.8 Å². The molecule has 1 amide bonds. The number of nitrogens with zero attached hydrogens (tertiary/aromatic N) is 4. The van der Waals surface area contributed by atoms with Gasteiger partial charge in [-0.15, -0.1) is 0 Å². The van der Waals surface area contributed by atoms with E-state index < -0.39 is 0 Å². The third-order valence-electron chi connectivity index (χ3n) is 7.24. The number of rotatable bonds is 13. The van der Waals surface area contributed by atoms with Gasteiger partial charge >= 0.3 is 0 Å². The highest BCUT2D eigenvalue weighted by Gasteiger charge is 2.27. The monoisotopic (exact) mass is 517 g/mol. The average Bonchev–Trinajstić information content (AvgIpc) is 3.53. The van der Waals surface area contributed by atoms with Gasteiger partial charge in [0.1, 0.15) is 0 Å². The zero-order chi connectivity index (χ0) is 27.1. The standard InChI is InChI=1S/C30H43N7O/c1-6-13-31-14-15-32-24(3)19-35(29-12-11-28(18-23(29)2)37-17-16-33-25(37)4)22-30(38)34(5)36-20-26-9-7-8-10-27(26)21-36/h7-12,18,31-33H,3-4,6,13-17,19-22H2,1-2,5H3. The van der Waals surface area contributed by atoms with E-state index in [1.165, 1.54) is 11.1 Å². The Morgan fingerprint density at radius 2 is 1.82 bits per heavy atom. The summed E-state index contributed by atoms with van der Waals surface area (Å²) < 4.78 is 0. The van der Waals surface area contributed by atoms with Crippen molar-refractivity contribution in [2.45, 2.75) is 33.4 Å². The molecular weight excluding hydrogens is 474 g/mol. The molecule has 3 N–H and O–H groups in total.